The highest BCUT2D eigenvalue weighted by molar-refractivity contribution is 7.09. The summed E-state index contributed by atoms with van der Waals surface area (Å²) in [5.74, 6) is 0.335. The highest BCUT2D eigenvalue weighted by Crippen LogP contribution is 2.31. The maximum atomic E-state index is 12.7. The van der Waals surface area contributed by atoms with E-state index < -0.39 is 23.8 Å². The van der Waals surface area contributed by atoms with Crippen molar-refractivity contribution in [2.45, 2.75) is 38.5 Å². The lowest BCUT2D eigenvalue weighted by atomic mass is 10.1. The minimum absolute atomic E-state index is 0.0738. The predicted molar refractivity (Wildman–Crippen MR) is 115 cm³/mol. The van der Waals surface area contributed by atoms with Crippen LogP contribution in [0.15, 0.2) is 53.9 Å². The van der Waals surface area contributed by atoms with Crippen LogP contribution in [0.25, 0.3) is 11.3 Å². The van der Waals surface area contributed by atoms with Crippen molar-refractivity contribution in [1.82, 2.24) is 4.98 Å². The summed E-state index contributed by atoms with van der Waals surface area (Å²) >= 11 is 1.46. The number of halogens is 3. The Kier molecular flexibility index (Phi) is 7.74. The molecule has 32 heavy (non-hydrogen) atoms. The zero-order valence-corrected chi connectivity index (χ0v) is 18.1. The Balaban J connectivity index is 1.43. The van der Waals surface area contributed by atoms with E-state index in [2.05, 4.69) is 4.98 Å². The summed E-state index contributed by atoms with van der Waals surface area (Å²) in [5.41, 5.74) is 0.632. The highest BCUT2D eigenvalue weighted by atomic mass is 32.1. The average Bonchev–Trinajstić information content (AvgIpc) is 3.20. The SMILES string of the molecule is CC(CC(=O)O)Oc1ccc(OCCCc2nc(-c3ccc(C(F)(F)F)cc3)cs2)cc1. The van der Waals surface area contributed by atoms with Crippen LogP contribution < -0.4 is 9.47 Å². The van der Waals surface area contributed by atoms with Crippen molar-refractivity contribution in [2.24, 2.45) is 0 Å². The molecule has 1 aromatic heterocycles. The molecule has 1 heterocycles. The summed E-state index contributed by atoms with van der Waals surface area (Å²) < 4.78 is 49.3. The van der Waals surface area contributed by atoms with Gasteiger partial charge in [-0.3, -0.25) is 4.79 Å². The number of alkyl halides is 3. The smallest absolute Gasteiger partial charge is 0.416 e. The summed E-state index contributed by atoms with van der Waals surface area (Å²) in [5, 5.41) is 11.5. The fourth-order valence-corrected chi connectivity index (χ4v) is 3.79. The lowest BCUT2D eigenvalue weighted by Gasteiger charge is -2.13. The minimum Gasteiger partial charge on any atom is -0.494 e. The van der Waals surface area contributed by atoms with E-state index in [1.807, 2.05) is 5.38 Å². The zero-order chi connectivity index (χ0) is 23.1. The van der Waals surface area contributed by atoms with E-state index in [0.717, 1.165) is 23.6 Å². The summed E-state index contributed by atoms with van der Waals surface area (Å²) in [6.07, 6.45) is -3.43. The van der Waals surface area contributed by atoms with Crippen LogP contribution in [-0.4, -0.2) is 28.8 Å². The first-order chi connectivity index (χ1) is 15.2. The fourth-order valence-electron chi connectivity index (χ4n) is 2.94. The number of benzene rings is 2. The number of carboxylic acid groups (broad SMARTS) is 1. The zero-order valence-electron chi connectivity index (χ0n) is 17.3. The van der Waals surface area contributed by atoms with Gasteiger partial charge in [0.15, 0.2) is 0 Å². The monoisotopic (exact) mass is 465 g/mol. The highest BCUT2D eigenvalue weighted by Gasteiger charge is 2.30. The fraction of sp³-hybridized carbons (Fsp3) is 0.304. The van der Waals surface area contributed by atoms with E-state index >= 15 is 0 Å². The molecule has 0 aliphatic carbocycles. The Hall–Kier alpha value is -3.07. The molecule has 2 aromatic carbocycles. The molecule has 1 unspecified atom stereocenters. The number of aromatic nitrogens is 1. The van der Waals surface area contributed by atoms with Crippen molar-refractivity contribution < 1.29 is 32.5 Å². The van der Waals surface area contributed by atoms with Gasteiger partial charge in [-0.25, -0.2) is 4.98 Å². The Morgan fingerprint density at radius 3 is 2.38 bits per heavy atom. The molecular weight excluding hydrogens is 443 g/mol. The maximum Gasteiger partial charge on any atom is 0.416 e. The summed E-state index contributed by atoms with van der Waals surface area (Å²) in [4.78, 5) is 15.2. The Morgan fingerprint density at radius 2 is 1.75 bits per heavy atom. The molecule has 1 N–H and O–H groups in total. The van der Waals surface area contributed by atoms with E-state index in [0.29, 0.717) is 35.8 Å². The third kappa shape index (κ3) is 6.98. The van der Waals surface area contributed by atoms with E-state index in [9.17, 15) is 18.0 Å². The van der Waals surface area contributed by atoms with Crippen LogP contribution in [0.5, 0.6) is 11.5 Å². The number of carboxylic acids is 1. The van der Waals surface area contributed by atoms with Gasteiger partial charge in [0.1, 0.15) is 17.6 Å². The van der Waals surface area contributed by atoms with Crippen molar-refractivity contribution in [3.8, 4) is 22.8 Å². The number of nitrogens with zero attached hydrogens (tertiary/aromatic N) is 1. The van der Waals surface area contributed by atoms with Crippen molar-refractivity contribution in [2.75, 3.05) is 6.61 Å². The van der Waals surface area contributed by atoms with Crippen molar-refractivity contribution in [3.63, 3.8) is 0 Å². The van der Waals surface area contributed by atoms with Crippen LogP contribution >= 0.6 is 11.3 Å². The number of aliphatic carboxylic acids is 1. The molecule has 170 valence electrons. The Bertz CT molecular complexity index is 1020. The number of rotatable bonds is 10. The molecule has 1 atom stereocenters. The minimum atomic E-state index is -4.35. The molecule has 0 radical (unpaired) electrons. The molecule has 0 aliphatic heterocycles. The third-order valence-corrected chi connectivity index (χ3v) is 5.40. The van der Waals surface area contributed by atoms with Gasteiger partial charge in [-0.2, -0.15) is 13.2 Å². The molecule has 0 aliphatic rings. The first-order valence-electron chi connectivity index (χ1n) is 9.94. The molecule has 0 saturated carbocycles. The largest absolute Gasteiger partial charge is 0.494 e. The van der Waals surface area contributed by atoms with Gasteiger partial charge in [-0.1, -0.05) is 12.1 Å². The van der Waals surface area contributed by atoms with Gasteiger partial charge in [-0.15, -0.1) is 11.3 Å². The molecule has 0 saturated heterocycles. The van der Waals surface area contributed by atoms with Gasteiger partial charge in [0.05, 0.1) is 29.3 Å². The summed E-state index contributed by atoms with van der Waals surface area (Å²) in [6, 6.07) is 12.0. The van der Waals surface area contributed by atoms with Crippen molar-refractivity contribution >= 4 is 17.3 Å². The first-order valence-corrected chi connectivity index (χ1v) is 10.8. The Labute approximate surface area is 187 Å². The first kappa shape index (κ1) is 23.6. The van der Waals surface area contributed by atoms with E-state index in [4.69, 9.17) is 14.6 Å². The lowest BCUT2D eigenvalue weighted by Crippen LogP contribution is -2.16. The van der Waals surface area contributed by atoms with Crippen LogP contribution in [0.1, 0.15) is 30.3 Å². The number of hydrogen-bond donors (Lipinski definition) is 1. The number of hydrogen-bond acceptors (Lipinski definition) is 5. The van der Waals surface area contributed by atoms with Gasteiger partial charge in [0, 0.05) is 17.4 Å². The second-order valence-corrected chi connectivity index (χ2v) is 8.09. The molecular formula is C23H22F3NO4S. The van der Waals surface area contributed by atoms with Gasteiger partial charge < -0.3 is 14.6 Å². The van der Waals surface area contributed by atoms with Crippen LogP contribution in [0.2, 0.25) is 0 Å². The molecule has 0 spiro atoms. The standard InChI is InChI=1S/C23H22F3NO4S/c1-15(13-22(28)29)31-19-10-8-18(9-11-19)30-12-2-3-21-27-20(14-32-21)16-4-6-17(7-5-16)23(24,25)26/h4-11,14-15H,2-3,12-13H2,1H3,(H,28,29). The number of aryl methyl sites for hydroxylation is 1. The van der Waals surface area contributed by atoms with Crippen molar-refractivity contribution in [1.29, 1.82) is 0 Å². The second kappa shape index (κ2) is 10.5. The average molecular weight is 465 g/mol. The van der Waals surface area contributed by atoms with Crippen molar-refractivity contribution in [3.05, 3.63) is 64.5 Å². The molecule has 0 bridgehead atoms. The third-order valence-electron chi connectivity index (χ3n) is 4.49. The molecule has 3 rings (SSSR count). The summed E-state index contributed by atoms with van der Waals surface area (Å²) in [6.45, 7) is 2.17. The summed E-state index contributed by atoms with van der Waals surface area (Å²) in [7, 11) is 0. The van der Waals surface area contributed by atoms with Gasteiger partial charge >= 0.3 is 12.1 Å². The van der Waals surface area contributed by atoms with Crippen LogP contribution in [-0.2, 0) is 17.4 Å². The topological polar surface area (TPSA) is 68.7 Å². The number of carbonyl (C=O) groups is 1. The molecule has 0 amide bonds. The molecule has 0 fully saturated rings. The lowest BCUT2D eigenvalue weighted by molar-refractivity contribution is -0.139. The van der Waals surface area contributed by atoms with Crippen LogP contribution in [0.4, 0.5) is 13.2 Å². The van der Waals surface area contributed by atoms with Gasteiger partial charge in [0.25, 0.3) is 0 Å². The van der Waals surface area contributed by atoms with E-state index in [1.165, 1.54) is 23.5 Å². The normalized spacial score (nSPS) is 12.4. The van der Waals surface area contributed by atoms with Gasteiger partial charge in [-0.05, 0) is 49.7 Å². The number of thiazole rings is 1. The quantitative estimate of drug-likeness (QED) is 0.368. The predicted octanol–water partition coefficient (Wildman–Crippen LogP) is 6.08. The second-order valence-electron chi connectivity index (χ2n) is 7.15. The molecule has 3 aromatic rings. The maximum absolute atomic E-state index is 12.7. The molecule has 5 nitrogen and oxygen atoms in total. The molecule has 9 heteroatoms. The van der Waals surface area contributed by atoms with E-state index in [1.54, 1.807) is 31.2 Å². The van der Waals surface area contributed by atoms with E-state index in [-0.39, 0.29) is 6.42 Å². The Morgan fingerprint density at radius 1 is 1.09 bits per heavy atom. The van der Waals surface area contributed by atoms with Gasteiger partial charge in [0.2, 0.25) is 0 Å². The van der Waals surface area contributed by atoms with Crippen LogP contribution in [0.3, 0.4) is 0 Å². The number of ether oxygens (including phenoxy) is 2. The van der Waals surface area contributed by atoms with Crippen LogP contribution in [0, 0.1) is 0 Å².